The van der Waals surface area contributed by atoms with Crippen LogP contribution in [0.25, 0.3) is 0 Å². The fraction of sp³-hybridized carbons (Fsp3) is 0.643. The molecule has 0 saturated carbocycles. The smallest absolute Gasteiger partial charge is 0.137 e. The lowest BCUT2D eigenvalue weighted by Crippen LogP contribution is -2.24. The van der Waals surface area contributed by atoms with Gasteiger partial charge < -0.3 is 4.74 Å². The maximum absolute atomic E-state index is 5.81. The molecular formula is C14H23NO. The Hall–Kier alpha value is -1.05. The number of aryl methyl sites for hydroxylation is 1. The molecule has 2 nitrogen and oxygen atoms in total. The van der Waals surface area contributed by atoms with E-state index in [4.69, 9.17) is 4.74 Å². The standard InChI is InChI=1S/C14H23NO/c1-5-9-14(4,6-2)11-16-13-8-7-12(3)15-10-13/h7-8,10H,5-6,9,11H2,1-4H3. The molecule has 0 aliphatic carbocycles. The van der Waals surface area contributed by atoms with Gasteiger partial charge in [0.1, 0.15) is 5.75 Å². The average molecular weight is 221 g/mol. The number of hydrogen-bond acceptors (Lipinski definition) is 2. The first-order chi connectivity index (χ1) is 7.59. The molecule has 0 aliphatic heterocycles. The lowest BCUT2D eigenvalue weighted by molar-refractivity contribution is 0.145. The molecule has 0 spiro atoms. The van der Waals surface area contributed by atoms with Crippen LogP contribution in [0.1, 0.15) is 45.7 Å². The van der Waals surface area contributed by atoms with Gasteiger partial charge in [-0.2, -0.15) is 0 Å². The summed E-state index contributed by atoms with van der Waals surface area (Å²) in [5.41, 5.74) is 1.32. The highest BCUT2D eigenvalue weighted by molar-refractivity contribution is 5.19. The number of nitrogens with zero attached hydrogens (tertiary/aromatic N) is 1. The van der Waals surface area contributed by atoms with E-state index in [1.54, 1.807) is 6.20 Å². The van der Waals surface area contributed by atoms with Crippen molar-refractivity contribution in [2.45, 2.75) is 47.0 Å². The fourth-order valence-electron chi connectivity index (χ4n) is 1.75. The van der Waals surface area contributed by atoms with E-state index in [0.29, 0.717) is 5.41 Å². The lowest BCUT2D eigenvalue weighted by atomic mass is 9.84. The SMILES string of the molecule is CCCC(C)(CC)COc1ccc(C)nc1. The van der Waals surface area contributed by atoms with Crippen molar-refractivity contribution in [2.75, 3.05) is 6.61 Å². The molecule has 1 unspecified atom stereocenters. The number of hydrogen-bond donors (Lipinski definition) is 0. The van der Waals surface area contributed by atoms with E-state index in [-0.39, 0.29) is 0 Å². The maximum Gasteiger partial charge on any atom is 0.137 e. The van der Waals surface area contributed by atoms with E-state index < -0.39 is 0 Å². The van der Waals surface area contributed by atoms with Crippen LogP contribution in [0.15, 0.2) is 18.3 Å². The van der Waals surface area contributed by atoms with E-state index in [0.717, 1.165) is 24.5 Å². The first-order valence-corrected chi connectivity index (χ1v) is 6.15. The monoisotopic (exact) mass is 221 g/mol. The molecule has 1 rings (SSSR count). The van der Waals surface area contributed by atoms with E-state index in [1.807, 2.05) is 19.1 Å². The quantitative estimate of drug-likeness (QED) is 0.724. The predicted molar refractivity (Wildman–Crippen MR) is 67.8 cm³/mol. The first-order valence-electron chi connectivity index (χ1n) is 6.15. The van der Waals surface area contributed by atoms with Crippen molar-refractivity contribution in [1.82, 2.24) is 4.98 Å². The Morgan fingerprint density at radius 2 is 2.06 bits per heavy atom. The lowest BCUT2D eigenvalue weighted by Gasteiger charge is -2.27. The second-order valence-electron chi connectivity index (χ2n) is 4.84. The van der Waals surface area contributed by atoms with Crippen LogP contribution >= 0.6 is 0 Å². The molecule has 0 bridgehead atoms. The summed E-state index contributed by atoms with van der Waals surface area (Å²) in [5.74, 6) is 0.876. The van der Waals surface area contributed by atoms with Gasteiger partial charge in [0.25, 0.3) is 0 Å². The van der Waals surface area contributed by atoms with Gasteiger partial charge in [-0.05, 0) is 31.9 Å². The molecule has 2 heteroatoms. The molecular weight excluding hydrogens is 198 g/mol. The zero-order valence-corrected chi connectivity index (χ0v) is 10.9. The summed E-state index contributed by atoms with van der Waals surface area (Å²) in [6.07, 6.45) is 5.38. The second kappa shape index (κ2) is 5.88. The molecule has 0 aromatic carbocycles. The molecule has 1 aromatic heterocycles. The highest BCUT2D eigenvalue weighted by Crippen LogP contribution is 2.28. The first kappa shape index (κ1) is 13.0. The Kier molecular flexibility index (Phi) is 4.78. The van der Waals surface area contributed by atoms with Crippen LogP contribution in [0.5, 0.6) is 5.75 Å². The summed E-state index contributed by atoms with van der Waals surface area (Å²) in [6.45, 7) is 9.50. The molecule has 0 amide bonds. The van der Waals surface area contributed by atoms with Crippen LogP contribution in [-0.2, 0) is 0 Å². The normalized spacial score (nSPS) is 14.5. The second-order valence-corrected chi connectivity index (χ2v) is 4.84. The number of aromatic nitrogens is 1. The summed E-state index contributed by atoms with van der Waals surface area (Å²) in [6, 6.07) is 3.97. The Morgan fingerprint density at radius 1 is 1.31 bits per heavy atom. The molecule has 90 valence electrons. The van der Waals surface area contributed by atoms with E-state index in [9.17, 15) is 0 Å². The highest BCUT2D eigenvalue weighted by atomic mass is 16.5. The third kappa shape index (κ3) is 3.84. The minimum Gasteiger partial charge on any atom is -0.491 e. The van der Waals surface area contributed by atoms with Gasteiger partial charge in [0.2, 0.25) is 0 Å². The van der Waals surface area contributed by atoms with Gasteiger partial charge in [0.05, 0.1) is 12.8 Å². The van der Waals surface area contributed by atoms with Gasteiger partial charge >= 0.3 is 0 Å². The third-order valence-corrected chi connectivity index (χ3v) is 3.18. The van der Waals surface area contributed by atoms with Crippen LogP contribution in [0.2, 0.25) is 0 Å². The highest BCUT2D eigenvalue weighted by Gasteiger charge is 2.21. The van der Waals surface area contributed by atoms with Crippen molar-refractivity contribution < 1.29 is 4.74 Å². The van der Waals surface area contributed by atoms with Gasteiger partial charge in [0.15, 0.2) is 0 Å². The average Bonchev–Trinajstić information content (AvgIpc) is 2.29. The van der Waals surface area contributed by atoms with Gasteiger partial charge in [0, 0.05) is 11.1 Å². The Labute approximate surface area is 99.0 Å². The minimum absolute atomic E-state index is 0.291. The van der Waals surface area contributed by atoms with E-state index in [2.05, 4.69) is 25.8 Å². The fourth-order valence-corrected chi connectivity index (χ4v) is 1.75. The Balaban J connectivity index is 2.52. The van der Waals surface area contributed by atoms with Gasteiger partial charge in [-0.15, -0.1) is 0 Å². The van der Waals surface area contributed by atoms with E-state index >= 15 is 0 Å². The maximum atomic E-state index is 5.81. The van der Waals surface area contributed by atoms with Crippen LogP contribution in [0.4, 0.5) is 0 Å². The molecule has 1 aromatic rings. The number of pyridine rings is 1. The number of ether oxygens (including phenoxy) is 1. The number of rotatable bonds is 6. The Morgan fingerprint density at radius 3 is 2.56 bits per heavy atom. The molecule has 1 atom stereocenters. The topological polar surface area (TPSA) is 22.1 Å². The minimum atomic E-state index is 0.291. The summed E-state index contributed by atoms with van der Waals surface area (Å²) >= 11 is 0. The molecule has 0 radical (unpaired) electrons. The van der Waals surface area contributed by atoms with E-state index in [1.165, 1.54) is 12.8 Å². The zero-order valence-electron chi connectivity index (χ0n) is 10.9. The Bertz CT molecular complexity index is 307. The van der Waals surface area contributed by atoms with Crippen LogP contribution in [0.3, 0.4) is 0 Å². The molecule has 1 heterocycles. The van der Waals surface area contributed by atoms with Crippen molar-refractivity contribution in [2.24, 2.45) is 5.41 Å². The van der Waals surface area contributed by atoms with Crippen LogP contribution in [0, 0.1) is 12.3 Å². The van der Waals surface area contributed by atoms with Gasteiger partial charge in [-0.3, -0.25) is 4.98 Å². The molecule has 0 fully saturated rings. The van der Waals surface area contributed by atoms with Crippen molar-refractivity contribution in [1.29, 1.82) is 0 Å². The van der Waals surface area contributed by atoms with Crippen LogP contribution in [-0.4, -0.2) is 11.6 Å². The molecule has 16 heavy (non-hydrogen) atoms. The summed E-state index contributed by atoms with van der Waals surface area (Å²) in [4.78, 5) is 4.23. The van der Waals surface area contributed by atoms with Crippen molar-refractivity contribution in [3.63, 3.8) is 0 Å². The van der Waals surface area contributed by atoms with Crippen molar-refractivity contribution in [3.05, 3.63) is 24.0 Å². The zero-order chi connectivity index (χ0) is 12.0. The molecule has 0 saturated heterocycles. The summed E-state index contributed by atoms with van der Waals surface area (Å²) < 4.78 is 5.81. The van der Waals surface area contributed by atoms with Crippen molar-refractivity contribution >= 4 is 0 Å². The summed E-state index contributed by atoms with van der Waals surface area (Å²) in [5, 5.41) is 0. The largest absolute Gasteiger partial charge is 0.491 e. The van der Waals surface area contributed by atoms with Crippen LogP contribution < -0.4 is 4.74 Å². The summed E-state index contributed by atoms with van der Waals surface area (Å²) in [7, 11) is 0. The molecule has 0 N–H and O–H groups in total. The van der Waals surface area contributed by atoms with Gasteiger partial charge in [-0.1, -0.05) is 27.2 Å². The third-order valence-electron chi connectivity index (χ3n) is 3.18. The predicted octanol–water partition coefficient (Wildman–Crippen LogP) is 3.99. The molecule has 0 aliphatic rings. The van der Waals surface area contributed by atoms with Gasteiger partial charge in [-0.25, -0.2) is 0 Å². The van der Waals surface area contributed by atoms with Crippen molar-refractivity contribution in [3.8, 4) is 5.75 Å².